The Labute approximate surface area is 390 Å². The van der Waals surface area contributed by atoms with Gasteiger partial charge in [-0.15, -0.1) is 0 Å². The lowest BCUT2D eigenvalue weighted by Gasteiger charge is -2.30. The number of aromatic nitrogens is 3. The molecule has 3 heteroatoms. The number of pyridine rings is 1. The molecule has 0 amide bonds. The van der Waals surface area contributed by atoms with Gasteiger partial charge < -0.3 is 0 Å². The molecule has 0 fully saturated rings. The number of hydrogen-bond acceptors (Lipinski definition) is 3. The molecule has 67 heavy (non-hydrogen) atoms. The molecule has 2 aromatic heterocycles. The van der Waals surface area contributed by atoms with Gasteiger partial charge in [-0.1, -0.05) is 200 Å². The van der Waals surface area contributed by atoms with Crippen molar-refractivity contribution in [3.63, 3.8) is 0 Å². The van der Waals surface area contributed by atoms with Gasteiger partial charge in [-0.2, -0.15) is 0 Å². The molecule has 1 spiro atoms. The summed E-state index contributed by atoms with van der Waals surface area (Å²) < 4.78 is 0. The van der Waals surface area contributed by atoms with Crippen LogP contribution >= 0.6 is 0 Å². The Kier molecular flexibility index (Phi) is 9.07. The largest absolute Gasteiger partial charge is 0.264 e. The number of nitrogens with zero attached hydrogens (tertiary/aromatic N) is 3. The highest BCUT2D eigenvalue weighted by Crippen LogP contribution is 2.63. The summed E-state index contributed by atoms with van der Waals surface area (Å²) in [4.78, 5) is 14.6. The second-order valence-corrected chi connectivity index (χ2v) is 17.5. The van der Waals surface area contributed by atoms with Crippen LogP contribution in [0.15, 0.2) is 249 Å². The SMILES string of the molecule is c1ccc(-c2nc(-c3ccc(-c4cccnc4)cc3)cc(-c3cccc(-c4cccc(-c5cccc(-c6ccc7c(c6)-c6ccccc6C76c7ccccc7-c7ccccc76)c5)c4)c3)n2)cc1. The molecule has 13 rings (SSSR count). The molecule has 0 N–H and O–H groups in total. The Morgan fingerprint density at radius 1 is 0.254 bits per heavy atom. The summed E-state index contributed by atoms with van der Waals surface area (Å²) >= 11 is 0. The van der Waals surface area contributed by atoms with Crippen LogP contribution in [0.2, 0.25) is 0 Å². The molecule has 2 aliphatic rings. The van der Waals surface area contributed by atoms with Crippen LogP contribution in [0, 0.1) is 0 Å². The van der Waals surface area contributed by atoms with Crippen molar-refractivity contribution in [3.05, 3.63) is 271 Å². The third kappa shape index (κ3) is 6.39. The zero-order chi connectivity index (χ0) is 44.3. The minimum absolute atomic E-state index is 0.343. The van der Waals surface area contributed by atoms with E-state index >= 15 is 0 Å². The van der Waals surface area contributed by atoms with Crippen molar-refractivity contribution in [2.75, 3.05) is 0 Å². The Balaban J connectivity index is 0.846. The zero-order valence-corrected chi connectivity index (χ0v) is 36.5. The van der Waals surface area contributed by atoms with Gasteiger partial charge in [-0.25, -0.2) is 9.97 Å². The third-order valence-corrected chi connectivity index (χ3v) is 13.8. The van der Waals surface area contributed by atoms with Gasteiger partial charge in [-0.3, -0.25) is 4.98 Å². The molecule has 0 radical (unpaired) electrons. The number of benzene rings is 9. The van der Waals surface area contributed by atoms with Crippen molar-refractivity contribution in [2.24, 2.45) is 0 Å². The van der Waals surface area contributed by atoms with Gasteiger partial charge in [0, 0.05) is 29.1 Å². The average molecular weight is 852 g/mol. The number of fused-ring (bicyclic) bond motifs is 10. The summed E-state index contributed by atoms with van der Waals surface area (Å²) in [6.07, 6.45) is 3.69. The first-order valence-electron chi connectivity index (χ1n) is 22.9. The quantitative estimate of drug-likeness (QED) is 0.160. The molecule has 0 bridgehead atoms. The van der Waals surface area contributed by atoms with Crippen LogP contribution in [0.25, 0.3) is 101 Å². The normalized spacial score (nSPS) is 12.6. The molecule has 0 saturated heterocycles. The van der Waals surface area contributed by atoms with Gasteiger partial charge in [0.25, 0.3) is 0 Å². The Hall–Kier alpha value is -8.79. The maximum absolute atomic E-state index is 5.16. The fourth-order valence-corrected chi connectivity index (χ4v) is 10.7. The Morgan fingerprint density at radius 2 is 0.672 bits per heavy atom. The van der Waals surface area contributed by atoms with E-state index in [0.717, 1.165) is 50.3 Å². The second-order valence-electron chi connectivity index (χ2n) is 17.5. The highest BCUT2D eigenvalue weighted by molar-refractivity contribution is 5.96. The molecule has 0 saturated carbocycles. The molecule has 2 aliphatic carbocycles. The van der Waals surface area contributed by atoms with Crippen molar-refractivity contribution >= 4 is 0 Å². The summed E-state index contributed by atoms with van der Waals surface area (Å²) in [6.45, 7) is 0. The molecule has 3 nitrogen and oxygen atoms in total. The van der Waals surface area contributed by atoms with Crippen LogP contribution in [0.5, 0.6) is 0 Å². The molecular weight excluding hydrogens is 811 g/mol. The van der Waals surface area contributed by atoms with Gasteiger partial charge in [0.05, 0.1) is 16.8 Å². The molecule has 312 valence electrons. The fourth-order valence-electron chi connectivity index (χ4n) is 10.7. The van der Waals surface area contributed by atoms with Crippen LogP contribution in [0.3, 0.4) is 0 Å². The molecule has 0 unspecified atom stereocenters. The van der Waals surface area contributed by atoms with Crippen molar-refractivity contribution < 1.29 is 0 Å². The van der Waals surface area contributed by atoms with Crippen molar-refractivity contribution in [3.8, 4) is 101 Å². The lowest BCUT2D eigenvalue weighted by Crippen LogP contribution is -2.25. The van der Waals surface area contributed by atoms with E-state index < -0.39 is 0 Å². The first-order chi connectivity index (χ1) is 33.2. The summed E-state index contributed by atoms with van der Waals surface area (Å²) in [5.41, 5.74) is 24.3. The monoisotopic (exact) mass is 851 g/mol. The van der Waals surface area contributed by atoms with Gasteiger partial charge >= 0.3 is 0 Å². The van der Waals surface area contributed by atoms with Crippen LogP contribution in [0.1, 0.15) is 22.3 Å². The maximum atomic E-state index is 5.16. The van der Waals surface area contributed by atoms with E-state index in [9.17, 15) is 0 Å². The summed E-state index contributed by atoms with van der Waals surface area (Å²) in [5.74, 6) is 0.693. The van der Waals surface area contributed by atoms with Crippen molar-refractivity contribution in [2.45, 2.75) is 5.41 Å². The van der Waals surface area contributed by atoms with E-state index in [1.807, 2.05) is 30.5 Å². The predicted molar refractivity (Wildman–Crippen MR) is 274 cm³/mol. The maximum Gasteiger partial charge on any atom is 0.160 e. The minimum Gasteiger partial charge on any atom is -0.264 e. The van der Waals surface area contributed by atoms with E-state index in [-0.39, 0.29) is 5.41 Å². The number of rotatable bonds is 7. The zero-order valence-electron chi connectivity index (χ0n) is 36.5. The molecule has 11 aromatic rings. The first kappa shape index (κ1) is 38.6. The standard InChI is InChI=1S/C64H41N3/c1-2-14-44(15-3-1)63-66-61(43-31-29-42(30-32-43)52-22-13-35-65-41-52)40-62(67-63)51-21-12-20-49(38-51)47-18-10-16-45(36-47)46-17-11-19-48(37-46)50-33-34-60-56(39-50)55-25-6-9-28-59(55)64(60)57-26-7-4-23-53(57)54-24-5-8-27-58(54)64/h1-41H. The molecule has 0 atom stereocenters. The van der Waals surface area contributed by atoms with E-state index in [0.29, 0.717) is 5.82 Å². The van der Waals surface area contributed by atoms with Gasteiger partial charge in [0.1, 0.15) is 0 Å². The smallest absolute Gasteiger partial charge is 0.160 e. The Morgan fingerprint density at radius 3 is 1.24 bits per heavy atom. The first-order valence-corrected chi connectivity index (χ1v) is 22.9. The van der Waals surface area contributed by atoms with Crippen molar-refractivity contribution in [1.82, 2.24) is 15.0 Å². The van der Waals surface area contributed by atoms with E-state index in [1.165, 1.54) is 66.8 Å². The van der Waals surface area contributed by atoms with Gasteiger partial charge in [0.15, 0.2) is 5.82 Å². The second kappa shape index (κ2) is 15.7. The van der Waals surface area contributed by atoms with Gasteiger partial charge in [0.2, 0.25) is 0 Å². The van der Waals surface area contributed by atoms with E-state index in [4.69, 9.17) is 9.97 Å². The highest BCUT2D eigenvalue weighted by Gasteiger charge is 2.51. The fraction of sp³-hybridized carbons (Fsp3) is 0.0156. The molecule has 0 aliphatic heterocycles. The van der Waals surface area contributed by atoms with Crippen LogP contribution in [0.4, 0.5) is 0 Å². The summed E-state index contributed by atoms with van der Waals surface area (Å²) in [7, 11) is 0. The summed E-state index contributed by atoms with van der Waals surface area (Å²) in [6, 6.07) is 85.6. The topological polar surface area (TPSA) is 38.7 Å². The minimum atomic E-state index is -0.343. The van der Waals surface area contributed by atoms with Gasteiger partial charge in [-0.05, 0) is 125 Å². The third-order valence-electron chi connectivity index (χ3n) is 13.8. The van der Waals surface area contributed by atoms with Crippen LogP contribution in [-0.4, -0.2) is 15.0 Å². The Bertz CT molecular complexity index is 3640. The van der Waals surface area contributed by atoms with E-state index in [2.05, 4.69) is 217 Å². The highest BCUT2D eigenvalue weighted by atomic mass is 14.9. The van der Waals surface area contributed by atoms with E-state index in [1.54, 1.807) is 6.20 Å². The summed E-state index contributed by atoms with van der Waals surface area (Å²) in [5, 5.41) is 0. The molecule has 2 heterocycles. The molecule has 9 aromatic carbocycles. The van der Waals surface area contributed by atoms with Crippen LogP contribution in [-0.2, 0) is 5.41 Å². The van der Waals surface area contributed by atoms with Crippen molar-refractivity contribution in [1.29, 1.82) is 0 Å². The number of hydrogen-bond donors (Lipinski definition) is 0. The predicted octanol–water partition coefficient (Wildman–Crippen LogP) is 15.9. The average Bonchev–Trinajstić information content (AvgIpc) is 3.88. The lowest BCUT2D eigenvalue weighted by atomic mass is 9.70. The molecular formula is C64H41N3. The lowest BCUT2D eigenvalue weighted by molar-refractivity contribution is 0.794. The van der Waals surface area contributed by atoms with Crippen LogP contribution < -0.4 is 0 Å².